The van der Waals surface area contributed by atoms with E-state index in [0.717, 1.165) is 36.9 Å². The maximum atomic E-state index is 13.9. The van der Waals surface area contributed by atoms with E-state index in [0.29, 0.717) is 18.2 Å². The Morgan fingerprint density at radius 3 is 2.68 bits per heavy atom. The van der Waals surface area contributed by atoms with Crippen molar-refractivity contribution < 1.29 is 14.3 Å². The second kappa shape index (κ2) is 8.04. The zero-order chi connectivity index (χ0) is 16.1. The third-order valence-corrected chi connectivity index (χ3v) is 4.72. The van der Waals surface area contributed by atoms with Gasteiger partial charge >= 0.3 is 5.97 Å². The van der Waals surface area contributed by atoms with E-state index in [1.807, 2.05) is 24.0 Å². The second-order valence-corrected chi connectivity index (χ2v) is 6.62. The van der Waals surface area contributed by atoms with E-state index in [2.05, 4.69) is 20.8 Å². The number of likely N-dealkylation sites (tertiary alicyclic amines) is 1. The summed E-state index contributed by atoms with van der Waals surface area (Å²) in [5.41, 5.74) is 0.708. The molecule has 0 radical (unpaired) electrons. The third-order valence-electron chi connectivity index (χ3n) is 4.23. The number of hydrogen-bond acceptors (Lipinski definition) is 3. The van der Waals surface area contributed by atoms with Gasteiger partial charge in [-0.05, 0) is 44.6 Å². The number of carbonyl (C=O) groups is 1. The van der Waals surface area contributed by atoms with Gasteiger partial charge in [-0.25, -0.2) is 4.39 Å². The number of carboxylic acid groups (broad SMARTS) is 1. The molecule has 1 aromatic rings. The summed E-state index contributed by atoms with van der Waals surface area (Å²) < 4.78 is 14.6. The van der Waals surface area contributed by atoms with E-state index in [9.17, 15) is 9.18 Å². The molecule has 2 rings (SSSR count). The van der Waals surface area contributed by atoms with Gasteiger partial charge in [0.05, 0.1) is 6.54 Å². The molecule has 0 unspecified atom stereocenters. The molecular weight excluding hydrogens is 351 g/mol. The topological polar surface area (TPSA) is 43.8 Å². The van der Waals surface area contributed by atoms with E-state index in [1.165, 1.54) is 6.07 Å². The molecule has 4 nitrogen and oxygen atoms in total. The fourth-order valence-electron chi connectivity index (χ4n) is 3.01. The van der Waals surface area contributed by atoms with Crippen LogP contribution in [0.3, 0.4) is 0 Å². The van der Waals surface area contributed by atoms with Crippen molar-refractivity contribution in [1.29, 1.82) is 0 Å². The quantitative estimate of drug-likeness (QED) is 0.833. The molecule has 1 aromatic carbocycles. The maximum absolute atomic E-state index is 13.9. The van der Waals surface area contributed by atoms with E-state index >= 15 is 0 Å². The number of aliphatic carboxylic acids is 1. The Balaban J connectivity index is 1.87. The van der Waals surface area contributed by atoms with Crippen LogP contribution in [0.15, 0.2) is 22.7 Å². The highest BCUT2D eigenvalue weighted by Gasteiger charge is 2.25. The summed E-state index contributed by atoms with van der Waals surface area (Å²) >= 11 is 3.27. The van der Waals surface area contributed by atoms with Crippen LogP contribution < -0.4 is 0 Å². The first-order valence-corrected chi connectivity index (χ1v) is 8.41. The highest BCUT2D eigenvalue weighted by molar-refractivity contribution is 9.10. The number of nitrogens with zero attached hydrogens (tertiary/aromatic N) is 2. The summed E-state index contributed by atoms with van der Waals surface area (Å²) in [6.07, 6.45) is 1.86. The largest absolute Gasteiger partial charge is 0.480 e. The molecule has 0 atom stereocenters. The third kappa shape index (κ3) is 4.76. The lowest BCUT2D eigenvalue weighted by Crippen LogP contribution is -2.46. The lowest BCUT2D eigenvalue weighted by Gasteiger charge is -2.37. The number of likely N-dealkylation sites (N-methyl/N-ethyl adjacent to an activating group) is 1. The Bertz CT molecular complexity index is 519. The average Bonchev–Trinajstić information content (AvgIpc) is 2.48. The standard InChI is InChI=1S/C16H22BrFN2O2/c1-2-20(11-16(21)22)14-5-7-19(8-6-14)10-12-3-4-13(17)9-15(12)18/h3-4,9,14H,2,5-8,10-11H2,1H3,(H,21,22). The fraction of sp³-hybridized carbons (Fsp3) is 0.562. The average molecular weight is 373 g/mol. The summed E-state index contributed by atoms with van der Waals surface area (Å²) in [5.74, 6) is -0.959. The molecule has 0 aromatic heterocycles. The van der Waals surface area contributed by atoms with Crippen molar-refractivity contribution in [3.63, 3.8) is 0 Å². The van der Waals surface area contributed by atoms with Gasteiger partial charge in [0.2, 0.25) is 0 Å². The van der Waals surface area contributed by atoms with Crippen molar-refractivity contribution in [3.8, 4) is 0 Å². The smallest absolute Gasteiger partial charge is 0.317 e. The van der Waals surface area contributed by atoms with Gasteiger partial charge < -0.3 is 5.11 Å². The van der Waals surface area contributed by atoms with Crippen molar-refractivity contribution >= 4 is 21.9 Å². The molecule has 1 aliphatic rings. The summed E-state index contributed by atoms with van der Waals surface area (Å²) in [7, 11) is 0. The van der Waals surface area contributed by atoms with Crippen molar-refractivity contribution in [2.45, 2.75) is 32.4 Å². The van der Waals surface area contributed by atoms with E-state index < -0.39 is 5.97 Å². The molecule has 122 valence electrons. The van der Waals surface area contributed by atoms with Crippen LogP contribution in [0.5, 0.6) is 0 Å². The van der Waals surface area contributed by atoms with Gasteiger partial charge in [-0.3, -0.25) is 14.6 Å². The molecule has 0 bridgehead atoms. The monoisotopic (exact) mass is 372 g/mol. The first-order chi connectivity index (χ1) is 10.5. The highest BCUT2D eigenvalue weighted by atomic mass is 79.9. The summed E-state index contributed by atoms with van der Waals surface area (Å²) in [4.78, 5) is 15.1. The molecule has 0 amide bonds. The van der Waals surface area contributed by atoms with Gasteiger partial charge in [-0.2, -0.15) is 0 Å². The number of hydrogen-bond donors (Lipinski definition) is 1. The Morgan fingerprint density at radius 2 is 2.14 bits per heavy atom. The predicted octanol–water partition coefficient (Wildman–Crippen LogP) is 2.96. The van der Waals surface area contributed by atoms with Crippen molar-refractivity contribution in [1.82, 2.24) is 9.80 Å². The summed E-state index contributed by atoms with van der Waals surface area (Å²) in [6, 6.07) is 5.48. The molecular formula is C16H22BrFN2O2. The molecule has 1 heterocycles. The first-order valence-electron chi connectivity index (χ1n) is 7.61. The van der Waals surface area contributed by atoms with Crippen molar-refractivity contribution in [2.24, 2.45) is 0 Å². The van der Waals surface area contributed by atoms with Crippen LogP contribution in [0.2, 0.25) is 0 Å². The van der Waals surface area contributed by atoms with Crippen LogP contribution in [0.4, 0.5) is 4.39 Å². The number of halogens is 2. The minimum atomic E-state index is -0.777. The van der Waals surface area contributed by atoms with Gasteiger partial charge in [0.25, 0.3) is 0 Å². The zero-order valence-electron chi connectivity index (χ0n) is 12.8. The van der Waals surface area contributed by atoms with Crippen LogP contribution in [0.1, 0.15) is 25.3 Å². The Morgan fingerprint density at radius 1 is 1.45 bits per heavy atom. The molecule has 1 fully saturated rings. The molecule has 6 heteroatoms. The van der Waals surface area contributed by atoms with Gasteiger partial charge in [0.1, 0.15) is 5.82 Å². The number of carboxylic acids is 1. The van der Waals surface area contributed by atoms with Crippen molar-refractivity contribution in [3.05, 3.63) is 34.1 Å². The predicted molar refractivity (Wildman–Crippen MR) is 87.3 cm³/mol. The molecule has 1 saturated heterocycles. The normalized spacial score (nSPS) is 17.1. The Kier molecular flexibility index (Phi) is 6.35. The fourth-order valence-corrected chi connectivity index (χ4v) is 3.34. The minimum absolute atomic E-state index is 0.0997. The minimum Gasteiger partial charge on any atom is -0.480 e. The highest BCUT2D eigenvalue weighted by Crippen LogP contribution is 2.21. The van der Waals surface area contributed by atoms with Gasteiger partial charge in [0.15, 0.2) is 0 Å². The van der Waals surface area contributed by atoms with Crippen LogP contribution in [-0.2, 0) is 11.3 Å². The van der Waals surface area contributed by atoms with Gasteiger partial charge in [-0.15, -0.1) is 0 Å². The number of benzene rings is 1. The van der Waals surface area contributed by atoms with Crippen molar-refractivity contribution in [2.75, 3.05) is 26.2 Å². The number of piperidine rings is 1. The van der Waals surface area contributed by atoms with E-state index in [1.54, 1.807) is 0 Å². The summed E-state index contributed by atoms with van der Waals surface area (Å²) in [6.45, 7) is 5.19. The van der Waals surface area contributed by atoms with Gasteiger partial charge in [-0.1, -0.05) is 28.9 Å². The second-order valence-electron chi connectivity index (χ2n) is 5.70. The molecule has 0 spiro atoms. The summed E-state index contributed by atoms with van der Waals surface area (Å²) in [5, 5.41) is 8.95. The van der Waals surface area contributed by atoms with Crippen LogP contribution in [0, 0.1) is 5.82 Å². The lowest BCUT2D eigenvalue weighted by molar-refractivity contribution is -0.139. The Labute approximate surface area is 139 Å². The molecule has 0 saturated carbocycles. The SMILES string of the molecule is CCN(CC(=O)O)C1CCN(Cc2ccc(Br)cc2F)CC1. The maximum Gasteiger partial charge on any atom is 0.317 e. The molecule has 22 heavy (non-hydrogen) atoms. The lowest BCUT2D eigenvalue weighted by atomic mass is 10.0. The number of rotatable bonds is 6. The van der Waals surface area contributed by atoms with Crippen LogP contribution >= 0.6 is 15.9 Å². The van der Waals surface area contributed by atoms with E-state index in [-0.39, 0.29) is 12.4 Å². The zero-order valence-corrected chi connectivity index (χ0v) is 14.4. The van der Waals surface area contributed by atoms with Gasteiger partial charge in [0, 0.05) is 22.6 Å². The molecule has 1 N–H and O–H groups in total. The van der Waals surface area contributed by atoms with Crippen LogP contribution in [0.25, 0.3) is 0 Å². The Hall–Kier alpha value is -0.980. The first kappa shape index (κ1) is 17.4. The molecule has 1 aliphatic heterocycles. The van der Waals surface area contributed by atoms with E-state index in [4.69, 9.17) is 5.11 Å². The van der Waals surface area contributed by atoms with Crippen LogP contribution in [-0.4, -0.2) is 53.1 Å². The molecule has 0 aliphatic carbocycles.